The standard InChI is InChI=1S/C28H42O7/c1-32-18-19-34-21-35-23(15-14-22-10-6-5-7-11-22)16-17-25-24(26(29)20-27(25)30)12-8-3-4-9-13-28(31)33-2/h3,5-8,10-11,16-17,23-27,29-30H,4,9,12-15,18-21H2,1-2H3/t23?,24-,25-,26+,27-/m1/s1. The maximum absolute atomic E-state index is 11.2. The first-order valence-electron chi connectivity index (χ1n) is 12.5. The number of hydrogen-bond donors (Lipinski definition) is 2. The van der Waals surface area contributed by atoms with Gasteiger partial charge in [0.25, 0.3) is 0 Å². The summed E-state index contributed by atoms with van der Waals surface area (Å²) in [5.41, 5.74) is 1.24. The van der Waals surface area contributed by atoms with Crippen LogP contribution in [0.2, 0.25) is 0 Å². The first-order chi connectivity index (χ1) is 17.0. The fourth-order valence-corrected chi connectivity index (χ4v) is 4.32. The summed E-state index contributed by atoms with van der Waals surface area (Å²) in [4.78, 5) is 11.2. The molecule has 0 aromatic heterocycles. The molecule has 7 nitrogen and oxygen atoms in total. The molecule has 0 bridgehead atoms. The summed E-state index contributed by atoms with van der Waals surface area (Å²) in [5, 5.41) is 21.1. The fraction of sp³-hybridized carbons (Fsp3) is 0.607. The Bertz CT molecular complexity index is 749. The van der Waals surface area contributed by atoms with Gasteiger partial charge >= 0.3 is 5.97 Å². The third-order valence-electron chi connectivity index (χ3n) is 6.38. The second-order valence-corrected chi connectivity index (χ2v) is 8.92. The average molecular weight is 491 g/mol. The van der Waals surface area contributed by atoms with E-state index in [1.807, 2.05) is 42.5 Å². The lowest BCUT2D eigenvalue weighted by atomic mass is 9.89. The topological polar surface area (TPSA) is 94.5 Å². The number of carbonyl (C=O) groups excluding carboxylic acids is 1. The highest BCUT2D eigenvalue weighted by Gasteiger charge is 2.39. The Morgan fingerprint density at radius 3 is 2.66 bits per heavy atom. The molecule has 2 rings (SSSR count). The molecule has 2 N–H and O–H groups in total. The summed E-state index contributed by atoms with van der Waals surface area (Å²) in [6.07, 6.45) is 11.3. The van der Waals surface area contributed by atoms with E-state index in [9.17, 15) is 15.0 Å². The van der Waals surface area contributed by atoms with Crippen molar-refractivity contribution < 1.29 is 34.0 Å². The van der Waals surface area contributed by atoms with Gasteiger partial charge in [0.15, 0.2) is 0 Å². The Kier molecular flexibility index (Phi) is 14.5. The van der Waals surface area contributed by atoms with Gasteiger partial charge in [-0.2, -0.15) is 0 Å². The fourth-order valence-electron chi connectivity index (χ4n) is 4.32. The number of allylic oxidation sites excluding steroid dienone is 2. The van der Waals surface area contributed by atoms with Gasteiger partial charge in [-0.25, -0.2) is 0 Å². The van der Waals surface area contributed by atoms with Crippen molar-refractivity contribution in [3.05, 3.63) is 60.2 Å². The van der Waals surface area contributed by atoms with Crippen LogP contribution < -0.4 is 0 Å². The number of hydrogen-bond acceptors (Lipinski definition) is 7. The number of benzene rings is 1. The van der Waals surface area contributed by atoms with Gasteiger partial charge in [0.1, 0.15) is 6.79 Å². The van der Waals surface area contributed by atoms with Crippen LogP contribution in [0.25, 0.3) is 0 Å². The summed E-state index contributed by atoms with van der Waals surface area (Å²) < 4.78 is 21.1. The lowest BCUT2D eigenvalue weighted by Crippen LogP contribution is -2.21. The Morgan fingerprint density at radius 2 is 1.91 bits per heavy atom. The maximum Gasteiger partial charge on any atom is 0.305 e. The van der Waals surface area contributed by atoms with E-state index in [0.717, 1.165) is 25.7 Å². The van der Waals surface area contributed by atoms with Gasteiger partial charge in [-0.15, -0.1) is 0 Å². The van der Waals surface area contributed by atoms with E-state index in [4.69, 9.17) is 14.2 Å². The molecule has 0 radical (unpaired) electrons. The number of aliphatic hydroxyl groups is 2. The van der Waals surface area contributed by atoms with Crippen LogP contribution in [0.3, 0.4) is 0 Å². The third-order valence-corrected chi connectivity index (χ3v) is 6.38. The molecule has 1 aromatic carbocycles. The molecule has 1 unspecified atom stereocenters. The van der Waals surface area contributed by atoms with Gasteiger partial charge in [0.05, 0.1) is 38.6 Å². The molecular formula is C28H42O7. The van der Waals surface area contributed by atoms with Crippen LogP contribution in [0.4, 0.5) is 0 Å². The minimum Gasteiger partial charge on any atom is -0.469 e. The summed E-state index contributed by atoms with van der Waals surface area (Å²) in [6.45, 7) is 1.14. The molecule has 0 saturated heterocycles. The highest BCUT2D eigenvalue weighted by molar-refractivity contribution is 5.69. The van der Waals surface area contributed by atoms with E-state index in [2.05, 4.69) is 16.9 Å². The van der Waals surface area contributed by atoms with E-state index < -0.39 is 12.2 Å². The largest absolute Gasteiger partial charge is 0.469 e. The van der Waals surface area contributed by atoms with Gasteiger partial charge in [-0.1, -0.05) is 54.6 Å². The molecule has 5 atom stereocenters. The number of esters is 1. The Morgan fingerprint density at radius 1 is 1.11 bits per heavy atom. The molecule has 0 aliphatic heterocycles. The molecule has 0 amide bonds. The molecular weight excluding hydrogens is 448 g/mol. The first-order valence-corrected chi connectivity index (χ1v) is 12.5. The van der Waals surface area contributed by atoms with Crippen molar-refractivity contribution in [2.24, 2.45) is 11.8 Å². The second-order valence-electron chi connectivity index (χ2n) is 8.92. The predicted octanol–water partition coefficient (Wildman–Crippen LogP) is 3.83. The first kappa shape index (κ1) is 29.2. The zero-order chi connectivity index (χ0) is 25.3. The van der Waals surface area contributed by atoms with E-state index in [1.54, 1.807) is 7.11 Å². The number of ether oxygens (including phenoxy) is 4. The van der Waals surface area contributed by atoms with E-state index in [1.165, 1.54) is 12.7 Å². The van der Waals surface area contributed by atoms with Crippen LogP contribution in [0.5, 0.6) is 0 Å². The molecule has 1 aliphatic carbocycles. The van der Waals surface area contributed by atoms with Gasteiger partial charge in [-0.05, 0) is 43.6 Å². The molecule has 1 aromatic rings. The summed E-state index contributed by atoms with van der Waals surface area (Å²) in [7, 11) is 3.02. The molecule has 1 saturated carbocycles. The molecule has 1 fully saturated rings. The summed E-state index contributed by atoms with van der Waals surface area (Å²) in [6, 6.07) is 10.3. The van der Waals surface area contributed by atoms with Crippen molar-refractivity contribution in [1.82, 2.24) is 0 Å². The van der Waals surface area contributed by atoms with Gasteiger partial charge in [0.2, 0.25) is 0 Å². The number of methoxy groups -OCH3 is 2. The summed E-state index contributed by atoms with van der Waals surface area (Å²) >= 11 is 0. The Labute approximate surface area is 209 Å². The molecule has 0 spiro atoms. The van der Waals surface area contributed by atoms with Crippen molar-refractivity contribution >= 4 is 5.97 Å². The molecule has 7 heteroatoms. The SMILES string of the molecule is COCCOCOC(C=C[C@@H]1[C@@H](CC=CCCCC(=O)OC)[C@@H](O)C[C@H]1O)CCc1ccccc1. The van der Waals surface area contributed by atoms with E-state index in [-0.39, 0.29) is 30.7 Å². The normalized spacial score (nSPS) is 23.3. The second kappa shape index (κ2) is 17.4. The third kappa shape index (κ3) is 11.5. The number of aliphatic hydroxyl groups excluding tert-OH is 2. The van der Waals surface area contributed by atoms with Crippen molar-refractivity contribution in [2.75, 3.05) is 34.2 Å². The van der Waals surface area contributed by atoms with Gasteiger partial charge < -0.3 is 29.2 Å². The van der Waals surface area contributed by atoms with Gasteiger partial charge in [-0.3, -0.25) is 4.79 Å². The van der Waals surface area contributed by atoms with Crippen molar-refractivity contribution in [3.8, 4) is 0 Å². The van der Waals surface area contributed by atoms with Crippen LogP contribution in [-0.2, 0) is 30.2 Å². The number of rotatable bonds is 17. The maximum atomic E-state index is 11.2. The average Bonchev–Trinajstić information content (AvgIpc) is 3.14. The van der Waals surface area contributed by atoms with Crippen LogP contribution in [0.15, 0.2) is 54.6 Å². The molecule has 0 heterocycles. The minimum absolute atomic E-state index is 0.0640. The monoisotopic (exact) mass is 490 g/mol. The zero-order valence-electron chi connectivity index (χ0n) is 21.1. The zero-order valence-corrected chi connectivity index (χ0v) is 21.1. The van der Waals surface area contributed by atoms with Crippen LogP contribution >= 0.6 is 0 Å². The quantitative estimate of drug-likeness (QED) is 0.148. The number of aryl methyl sites for hydroxylation is 1. The van der Waals surface area contributed by atoms with Crippen molar-refractivity contribution in [2.45, 2.75) is 63.3 Å². The highest BCUT2D eigenvalue weighted by atomic mass is 16.7. The number of carbonyl (C=O) groups is 1. The van der Waals surface area contributed by atoms with Crippen molar-refractivity contribution in [1.29, 1.82) is 0 Å². The van der Waals surface area contributed by atoms with E-state index >= 15 is 0 Å². The molecule has 1 aliphatic rings. The van der Waals surface area contributed by atoms with Crippen LogP contribution in [0, 0.1) is 11.8 Å². The molecule has 196 valence electrons. The van der Waals surface area contributed by atoms with Crippen molar-refractivity contribution in [3.63, 3.8) is 0 Å². The van der Waals surface area contributed by atoms with Gasteiger partial charge in [0, 0.05) is 25.9 Å². The van der Waals surface area contributed by atoms with Crippen LogP contribution in [0.1, 0.15) is 44.1 Å². The number of unbranched alkanes of at least 4 members (excludes halogenated alkanes) is 1. The Balaban J connectivity index is 1.92. The molecule has 35 heavy (non-hydrogen) atoms. The van der Waals surface area contributed by atoms with E-state index in [0.29, 0.717) is 32.5 Å². The minimum atomic E-state index is -0.591. The lowest BCUT2D eigenvalue weighted by Gasteiger charge is -2.21. The summed E-state index contributed by atoms with van der Waals surface area (Å²) in [5.74, 6) is -0.418. The predicted molar refractivity (Wildman–Crippen MR) is 135 cm³/mol. The Hall–Kier alpha value is -2.03. The van der Waals surface area contributed by atoms with Crippen LogP contribution in [-0.4, -0.2) is 68.7 Å². The highest BCUT2D eigenvalue weighted by Crippen LogP contribution is 2.36. The smallest absolute Gasteiger partial charge is 0.305 e. The lowest BCUT2D eigenvalue weighted by molar-refractivity contribution is -0.140.